The van der Waals surface area contributed by atoms with Gasteiger partial charge in [-0.2, -0.15) is 5.10 Å². The Hall–Kier alpha value is -3.28. The number of nitrogens with one attached hydrogen (secondary N) is 1. The summed E-state index contributed by atoms with van der Waals surface area (Å²) >= 11 is 0. The molecule has 1 amide bonds. The normalized spacial score (nSPS) is 10.6. The number of benzene rings is 1. The number of nitrogens with zero attached hydrogens (tertiary/aromatic N) is 3. The number of hydrogen-bond acceptors (Lipinski definition) is 4. The van der Waals surface area contributed by atoms with Crippen molar-refractivity contribution in [2.75, 3.05) is 6.54 Å². The van der Waals surface area contributed by atoms with Crippen molar-refractivity contribution in [1.29, 1.82) is 0 Å². The van der Waals surface area contributed by atoms with Crippen LogP contribution in [-0.4, -0.2) is 27.2 Å². The number of amides is 1. The lowest BCUT2D eigenvalue weighted by Crippen LogP contribution is -2.34. The van der Waals surface area contributed by atoms with Gasteiger partial charge in [-0.3, -0.25) is 14.6 Å². The first-order valence-electron chi connectivity index (χ1n) is 8.84. The predicted octanol–water partition coefficient (Wildman–Crippen LogP) is 2.28. The SMILES string of the molecule is Cc1ccc(C)c(-c2ccc(=O)n(CC(=O)NCCc3ccncc3)n2)c1. The lowest BCUT2D eigenvalue weighted by atomic mass is 10.0. The van der Waals surface area contributed by atoms with Crippen molar-refractivity contribution < 1.29 is 4.79 Å². The maximum atomic E-state index is 12.2. The molecule has 3 rings (SSSR count). The molecule has 0 saturated carbocycles. The standard InChI is InChI=1S/C21H22N4O2/c1-15-3-4-16(2)18(13-15)19-5-6-21(27)25(24-19)14-20(26)23-12-9-17-7-10-22-11-8-17/h3-8,10-11,13H,9,12,14H2,1-2H3,(H,23,26). The van der Waals surface area contributed by atoms with Crippen LogP contribution in [0.2, 0.25) is 0 Å². The number of carbonyl (C=O) groups excluding carboxylic acids is 1. The van der Waals surface area contributed by atoms with E-state index in [0.717, 1.165) is 22.3 Å². The van der Waals surface area contributed by atoms with E-state index < -0.39 is 0 Å². The summed E-state index contributed by atoms with van der Waals surface area (Å²) in [4.78, 5) is 28.3. The maximum Gasteiger partial charge on any atom is 0.267 e. The predicted molar refractivity (Wildman–Crippen MR) is 104 cm³/mol. The molecule has 0 unspecified atom stereocenters. The molecule has 0 saturated heterocycles. The average Bonchev–Trinajstić information content (AvgIpc) is 2.66. The Morgan fingerprint density at radius 1 is 1.07 bits per heavy atom. The molecule has 0 aliphatic rings. The zero-order valence-electron chi connectivity index (χ0n) is 15.5. The van der Waals surface area contributed by atoms with Crippen LogP contribution in [0.4, 0.5) is 0 Å². The molecule has 0 fully saturated rings. The van der Waals surface area contributed by atoms with E-state index in [4.69, 9.17) is 0 Å². The van der Waals surface area contributed by atoms with Crippen LogP contribution in [0.15, 0.2) is 59.7 Å². The van der Waals surface area contributed by atoms with Gasteiger partial charge < -0.3 is 5.32 Å². The van der Waals surface area contributed by atoms with Gasteiger partial charge in [0.2, 0.25) is 5.91 Å². The molecule has 1 aromatic carbocycles. The van der Waals surface area contributed by atoms with Gasteiger partial charge in [0.15, 0.2) is 0 Å². The molecule has 0 spiro atoms. The highest BCUT2D eigenvalue weighted by Gasteiger charge is 2.09. The zero-order chi connectivity index (χ0) is 19.2. The highest BCUT2D eigenvalue weighted by molar-refractivity contribution is 5.75. The van der Waals surface area contributed by atoms with Crippen LogP contribution in [0.1, 0.15) is 16.7 Å². The van der Waals surface area contributed by atoms with Gasteiger partial charge in [0.05, 0.1) is 5.69 Å². The molecule has 6 heteroatoms. The van der Waals surface area contributed by atoms with Crippen molar-refractivity contribution >= 4 is 5.91 Å². The fourth-order valence-electron chi connectivity index (χ4n) is 2.81. The molecule has 1 N–H and O–H groups in total. The van der Waals surface area contributed by atoms with Crippen LogP contribution >= 0.6 is 0 Å². The Labute approximate surface area is 157 Å². The van der Waals surface area contributed by atoms with E-state index in [9.17, 15) is 9.59 Å². The molecule has 6 nitrogen and oxygen atoms in total. The van der Waals surface area contributed by atoms with Crippen LogP contribution in [0.5, 0.6) is 0 Å². The van der Waals surface area contributed by atoms with Crippen LogP contribution in [0, 0.1) is 13.8 Å². The molecule has 2 aromatic heterocycles. The number of pyridine rings is 1. The molecule has 0 aliphatic carbocycles. The van der Waals surface area contributed by atoms with E-state index in [0.29, 0.717) is 18.7 Å². The van der Waals surface area contributed by atoms with Gasteiger partial charge in [0.25, 0.3) is 5.56 Å². The molecule has 0 bridgehead atoms. The third kappa shape index (κ3) is 4.88. The number of carbonyl (C=O) groups is 1. The minimum absolute atomic E-state index is 0.103. The van der Waals surface area contributed by atoms with Gasteiger partial charge in [0, 0.05) is 30.6 Å². The first-order chi connectivity index (χ1) is 13.0. The highest BCUT2D eigenvalue weighted by Crippen LogP contribution is 2.21. The molecule has 0 atom stereocenters. The summed E-state index contributed by atoms with van der Waals surface area (Å²) in [5.41, 5.74) is 4.62. The summed E-state index contributed by atoms with van der Waals surface area (Å²) in [6.45, 7) is 4.40. The molecular weight excluding hydrogens is 340 g/mol. The number of aromatic nitrogens is 3. The second kappa shape index (κ2) is 8.40. The third-order valence-electron chi connectivity index (χ3n) is 4.31. The van der Waals surface area contributed by atoms with Crippen molar-refractivity contribution in [2.45, 2.75) is 26.8 Å². The van der Waals surface area contributed by atoms with E-state index in [1.807, 2.05) is 44.2 Å². The summed E-state index contributed by atoms with van der Waals surface area (Å²) in [5.74, 6) is -0.239. The fraction of sp³-hybridized carbons (Fsp3) is 0.238. The van der Waals surface area contributed by atoms with Gasteiger partial charge >= 0.3 is 0 Å². The van der Waals surface area contributed by atoms with E-state index in [1.54, 1.807) is 18.5 Å². The lowest BCUT2D eigenvalue weighted by Gasteiger charge is -2.10. The molecular formula is C21H22N4O2. The topological polar surface area (TPSA) is 76.9 Å². The Morgan fingerprint density at radius 3 is 2.63 bits per heavy atom. The third-order valence-corrected chi connectivity index (χ3v) is 4.31. The van der Waals surface area contributed by atoms with E-state index in [-0.39, 0.29) is 18.0 Å². The van der Waals surface area contributed by atoms with Gasteiger partial charge in [-0.15, -0.1) is 0 Å². The van der Waals surface area contributed by atoms with Crippen molar-refractivity contribution in [3.05, 3.63) is 81.9 Å². The Morgan fingerprint density at radius 2 is 1.85 bits per heavy atom. The summed E-state index contributed by atoms with van der Waals surface area (Å²) < 4.78 is 1.21. The van der Waals surface area contributed by atoms with Gasteiger partial charge in [-0.05, 0) is 55.7 Å². The number of rotatable bonds is 6. The summed E-state index contributed by atoms with van der Waals surface area (Å²) in [6, 6.07) is 13.0. The maximum absolute atomic E-state index is 12.2. The molecule has 2 heterocycles. The van der Waals surface area contributed by atoms with Crippen molar-refractivity contribution in [3.8, 4) is 11.3 Å². The smallest absolute Gasteiger partial charge is 0.267 e. The second-order valence-electron chi connectivity index (χ2n) is 6.49. The summed E-state index contributed by atoms with van der Waals surface area (Å²) in [6.07, 6.45) is 4.15. The van der Waals surface area contributed by atoms with Crippen LogP contribution in [-0.2, 0) is 17.8 Å². The Bertz CT molecular complexity index is 997. The van der Waals surface area contributed by atoms with Gasteiger partial charge in [-0.25, -0.2) is 4.68 Å². The van der Waals surface area contributed by atoms with E-state index in [2.05, 4.69) is 15.4 Å². The van der Waals surface area contributed by atoms with Crippen molar-refractivity contribution in [1.82, 2.24) is 20.1 Å². The average molecular weight is 362 g/mol. The number of aryl methyl sites for hydroxylation is 2. The first kappa shape index (κ1) is 18.5. The van der Waals surface area contributed by atoms with Crippen LogP contribution < -0.4 is 10.9 Å². The number of hydrogen-bond donors (Lipinski definition) is 1. The van der Waals surface area contributed by atoms with E-state index >= 15 is 0 Å². The first-order valence-corrected chi connectivity index (χ1v) is 8.84. The van der Waals surface area contributed by atoms with Crippen molar-refractivity contribution in [2.24, 2.45) is 0 Å². The summed E-state index contributed by atoms with van der Waals surface area (Å²) in [5, 5.41) is 7.21. The molecule has 3 aromatic rings. The molecule has 138 valence electrons. The van der Waals surface area contributed by atoms with Crippen LogP contribution in [0.25, 0.3) is 11.3 Å². The van der Waals surface area contributed by atoms with Crippen LogP contribution in [0.3, 0.4) is 0 Å². The quantitative estimate of drug-likeness (QED) is 0.730. The largest absolute Gasteiger partial charge is 0.354 e. The monoisotopic (exact) mass is 362 g/mol. The van der Waals surface area contributed by atoms with Gasteiger partial charge in [0.1, 0.15) is 6.54 Å². The van der Waals surface area contributed by atoms with E-state index in [1.165, 1.54) is 10.7 Å². The zero-order valence-corrected chi connectivity index (χ0v) is 15.5. The minimum Gasteiger partial charge on any atom is -0.354 e. The second-order valence-corrected chi connectivity index (χ2v) is 6.49. The molecule has 0 radical (unpaired) electrons. The molecule has 27 heavy (non-hydrogen) atoms. The lowest BCUT2D eigenvalue weighted by molar-refractivity contribution is -0.121. The Kier molecular flexibility index (Phi) is 5.76. The van der Waals surface area contributed by atoms with Gasteiger partial charge in [-0.1, -0.05) is 17.7 Å². The minimum atomic E-state index is -0.298. The van der Waals surface area contributed by atoms with Crippen molar-refractivity contribution in [3.63, 3.8) is 0 Å². The fourth-order valence-corrected chi connectivity index (χ4v) is 2.81. The summed E-state index contributed by atoms with van der Waals surface area (Å²) in [7, 11) is 0. The highest BCUT2D eigenvalue weighted by atomic mass is 16.2. The molecule has 0 aliphatic heterocycles. The Balaban J connectivity index is 1.68.